The van der Waals surface area contributed by atoms with Gasteiger partial charge in [0.05, 0.1) is 6.54 Å². The van der Waals surface area contributed by atoms with Crippen LogP contribution in [-0.2, 0) is 4.79 Å². The Morgan fingerprint density at radius 2 is 1.75 bits per heavy atom. The van der Waals surface area contributed by atoms with Gasteiger partial charge < -0.3 is 19.6 Å². The molecule has 28 heavy (non-hydrogen) atoms. The molecule has 1 fully saturated rings. The number of para-hydroxylation sites is 1. The average Bonchev–Trinajstić information content (AvgIpc) is 2.74. The molecule has 1 unspecified atom stereocenters. The number of rotatable bonds is 8. The molecule has 1 N–H and O–H groups in total. The third-order valence-corrected chi connectivity index (χ3v) is 5.05. The molecular weight excluding hydrogens is 352 g/mol. The Morgan fingerprint density at radius 1 is 1.07 bits per heavy atom. The predicted molar refractivity (Wildman–Crippen MR) is 112 cm³/mol. The van der Waals surface area contributed by atoms with E-state index in [4.69, 9.17) is 4.74 Å². The summed E-state index contributed by atoms with van der Waals surface area (Å²) in [6.07, 6.45) is 2.64. The molecule has 1 atom stereocenters. The van der Waals surface area contributed by atoms with Gasteiger partial charge in [0.25, 0.3) is 0 Å². The van der Waals surface area contributed by atoms with Crippen molar-refractivity contribution in [1.82, 2.24) is 4.90 Å². The second-order valence-corrected chi connectivity index (χ2v) is 7.44. The minimum Gasteiger partial charge on any atom is -0.491 e. The Labute approximate surface area is 167 Å². The summed E-state index contributed by atoms with van der Waals surface area (Å²) in [6, 6.07) is 17.5. The molecule has 2 aromatic rings. The molecule has 0 saturated carbocycles. The van der Waals surface area contributed by atoms with Gasteiger partial charge in [0, 0.05) is 25.3 Å². The lowest BCUT2D eigenvalue weighted by molar-refractivity contribution is -0.130. The molecule has 5 nitrogen and oxygen atoms in total. The molecule has 1 aliphatic heterocycles. The first-order valence-electron chi connectivity index (χ1n) is 10.1. The van der Waals surface area contributed by atoms with Crippen molar-refractivity contribution < 1.29 is 14.6 Å². The first-order chi connectivity index (χ1) is 13.6. The van der Waals surface area contributed by atoms with Gasteiger partial charge in [-0.15, -0.1) is 0 Å². The van der Waals surface area contributed by atoms with Crippen LogP contribution in [0.2, 0.25) is 0 Å². The number of hydrogen-bond donors (Lipinski definition) is 1. The second kappa shape index (κ2) is 10.1. The lowest BCUT2D eigenvalue weighted by Crippen LogP contribution is -2.45. The predicted octanol–water partition coefficient (Wildman–Crippen LogP) is 3.25. The van der Waals surface area contributed by atoms with Crippen molar-refractivity contribution in [2.45, 2.75) is 32.3 Å². The van der Waals surface area contributed by atoms with Crippen LogP contribution in [0.4, 0.5) is 5.69 Å². The summed E-state index contributed by atoms with van der Waals surface area (Å²) < 4.78 is 5.67. The Kier molecular flexibility index (Phi) is 7.31. The molecule has 150 valence electrons. The summed E-state index contributed by atoms with van der Waals surface area (Å²) >= 11 is 0. The van der Waals surface area contributed by atoms with Gasteiger partial charge >= 0.3 is 0 Å². The highest BCUT2D eigenvalue weighted by atomic mass is 16.5. The van der Waals surface area contributed by atoms with Crippen LogP contribution in [0.5, 0.6) is 5.75 Å². The molecule has 0 spiro atoms. The standard InChI is InChI=1S/C23H30N2O3/c1-19-10-12-20(13-11-19)25(17-23(27)24-14-6-3-7-15-24)16-21(26)18-28-22-8-4-2-5-9-22/h2,4-5,8-13,21,26H,3,6-7,14-18H2,1H3. The van der Waals surface area contributed by atoms with E-state index in [1.165, 1.54) is 12.0 Å². The van der Waals surface area contributed by atoms with Crippen LogP contribution in [0.25, 0.3) is 0 Å². The fraction of sp³-hybridized carbons (Fsp3) is 0.435. The molecule has 1 heterocycles. The first kappa shape index (κ1) is 20.2. The number of piperidine rings is 1. The Balaban J connectivity index is 1.63. The highest BCUT2D eigenvalue weighted by Crippen LogP contribution is 2.18. The lowest BCUT2D eigenvalue weighted by Gasteiger charge is -2.32. The second-order valence-electron chi connectivity index (χ2n) is 7.44. The third kappa shape index (κ3) is 5.99. The van der Waals surface area contributed by atoms with E-state index in [9.17, 15) is 9.90 Å². The first-order valence-corrected chi connectivity index (χ1v) is 10.1. The average molecular weight is 383 g/mol. The van der Waals surface area contributed by atoms with E-state index in [0.29, 0.717) is 6.54 Å². The summed E-state index contributed by atoms with van der Waals surface area (Å²) in [4.78, 5) is 16.7. The number of ether oxygens (including phenoxy) is 1. The fourth-order valence-corrected chi connectivity index (χ4v) is 3.44. The number of aryl methyl sites for hydroxylation is 1. The highest BCUT2D eigenvalue weighted by molar-refractivity contribution is 5.81. The normalized spacial score (nSPS) is 15.1. The van der Waals surface area contributed by atoms with E-state index in [1.54, 1.807) is 0 Å². The van der Waals surface area contributed by atoms with E-state index < -0.39 is 6.10 Å². The highest BCUT2D eigenvalue weighted by Gasteiger charge is 2.21. The molecule has 1 amide bonds. The van der Waals surface area contributed by atoms with Gasteiger partial charge in [0.1, 0.15) is 18.5 Å². The quantitative estimate of drug-likeness (QED) is 0.761. The summed E-state index contributed by atoms with van der Waals surface area (Å²) in [7, 11) is 0. The molecule has 0 bridgehead atoms. The number of benzene rings is 2. The zero-order valence-electron chi connectivity index (χ0n) is 16.6. The maximum Gasteiger partial charge on any atom is 0.242 e. The molecule has 5 heteroatoms. The third-order valence-electron chi connectivity index (χ3n) is 5.05. The van der Waals surface area contributed by atoms with Crippen LogP contribution >= 0.6 is 0 Å². The Morgan fingerprint density at radius 3 is 2.43 bits per heavy atom. The maximum absolute atomic E-state index is 12.8. The van der Waals surface area contributed by atoms with Gasteiger partial charge in [-0.1, -0.05) is 35.9 Å². The minimum absolute atomic E-state index is 0.122. The summed E-state index contributed by atoms with van der Waals surface area (Å²) in [5.41, 5.74) is 2.11. The molecule has 0 aromatic heterocycles. The molecule has 3 rings (SSSR count). The molecule has 0 aliphatic carbocycles. The number of hydrogen-bond acceptors (Lipinski definition) is 4. The van der Waals surface area contributed by atoms with Crippen molar-refractivity contribution in [3.63, 3.8) is 0 Å². The number of aliphatic hydroxyl groups is 1. The van der Waals surface area contributed by atoms with Crippen molar-refractivity contribution >= 4 is 11.6 Å². The summed E-state index contributed by atoms with van der Waals surface area (Å²) in [6.45, 7) is 4.50. The number of carbonyl (C=O) groups excluding carboxylic acids is 1. The van der Waals surface area contributed by atoms with Crippen LogP contribution < -0.4 is 9.64 Å². The number of nitrogens with zero attached hydrogens (tertiary/aromatic N) is 2. The number of aliphatic hydroxyl groups excluding tert-OH is 1. The van der Waals surface area contributed by atoms with E-state index in [0.717, 1.165) is 37.4 Å². The number of anilines is 1. The molecule has 0 radical (unpaired) electrons. The largest absolute Gasteiger partial charge is 0.491 e. The van der Waals surface area contributed by atoms with Gasteiger partial charge in [-0.05, 0) is 50.5 Å². The zero-order valence-corrected chi connectivity index (χ0v) is 16.6. The Bertz CT molecular complexity index is 727. The number of likely N-dealkylation sites (tertiary alicyclic amines) is 1. The minimum atomic E-state index is -0.698. The van der Waals surface area contributed by atoms with Gasteiger partial charge in [0.15, 0.2) is 0 Å². The van der Waals surface area contributed by atoms with Crippen LogP contribution in [0.1, 0.15) is 24.8 Å². The van der Waals surface area contributed by atoms with Crippen LogP contribution in [0.15, 0.2) is 54.6 Å². The SMILES string of the molecule is Cc1ccc(N(CC(=O)N2CCCCC2)CC(O)COc2ccccc2)cc1. The van der Waals surface area contributed by atoms with Gasteiger partial charge in [-0.2, -0.15) is 0 Å². The van der Waals surface area contributed by atoms with E-state index in [-0.39, 0.29) is 19.1 Å². The molecule has 1 aliphatic rings. The number of carbonyl (C=O) groups is 1. The number of amides is 1. The van der Waals surface area contributed by atoms with E-state index >= 15 is 0 Å². The van der Waals surface area contributed by atoms with Gasteiger partial charge in [0.2, 0.25) is 5.91 Å². The van der Waals surface area contributed by atoms with Crippen LogP contribution in [0, 0.1) is 6.92 Å². The van der Waals surface area contributed by atoms with Crippen molar-refractivity contribution in [1.29, 1.82) is 0 Å². The van der Waals surface area contributed by atoms with Crippen molar-refractivity contribution in [2.24, 2.45) is 0 Å². The van der Waals surface area contributed by atoms with E-state index in [1.807, 2.05) is 71.3 Å². The maximum atomic E-state index is 12.8. The molecule has 1 saturated heterocycles. The smallest absolute Gasteiger partial charge is 0.242 e. The zero-order chi connectivity index (χ0) is 19.8. The summed E-state index contributed by atoms with van der Waals surface area (Å²) in [5, 5.41) is 10.5. The van der Waals surface area contributed by atoms with Crippen molar-refractivity contribution in [3.8, 4) is 5.75 Å². The Hall–Kier alpha value is -2.53. The van der Waals surface area contributed by atoms with Crippen molar-refractivity contribution in [2.75, 3.05) is 37.7 Å². The monoisotopic (exact) mass is 382 g/mol. The summed E-state index contributed by atoms with van der Waals surface area (Å²) in [5.74, 6) is 0.851. The van der Waals surface area contributed by atoms with Crippen LogP contribution in [0.3, 0.4) is 0 Å². The fourth-order valence-electron chi connectivity index (χ4n) is 3.44. The van der Waals surface area contributed by atoms with Gasteiger partial charge in [-0.25, -0.2) is 0 Å². The van der Waals surface area contributed by atoms with Crippen molar-refractivity contribution in [3.05, 3.63) is 60.2 Å². The van der Waals surface area contributed by atoms with E-state index in [2.05, 4.69) is 0 Å². The molecular formula is C23H30N2O3. The van der Waals surface area contributed by atoms with Crippen LogP contribution in [-0.4, -0.2) is 54.8 Å². The lowest BCUT2D eigenvalue weighted by atomic mass is 10.1. The topological polar surface area (TPSA) is 53.0 Å². The molecule has 2 aromatic carbocycles. The van der Waals surface area contributed by atoms with Gasteiger partial charge in [-0.3, -0.25) is 4.79 Å².